The van der Waals surface area contributed by atoms with Gasteiger partial charge in [-0.1, -0.05) is 6.07 Å². The Balaban J connectivity index is 2.01. The number of anilines is 2. The number of rotatable bonds is 1. The van der Waals surface area contributed by atoms with Crippen LogP contribution in [0.3, 0.4) is 0 Å². The minimum Gasteiger partial charge on any atom is -0.368 e. The van der Waals surface area contributed by atoms with Gasteiger partial charge >= 0.3 is 0 Å². The molecule has 1 aromatic carbocycles. The van der Waals surface area contributed by atoms with Crippen LogP contribution in [0.25, 0.3) is 0 Å². The molecular weight excluding hydrogens is 258 g/mol. The van der Waals surface area contributed by atoms with E-state index in [0.29, 0.717) is 5.69 Å². The molecule has 1 amide bonds. The van der Waals surface area contributed by atoms with Crippen LogP contribution in [-0.2, 0) is 4.79 Å². The number of thiophene rings is 1. The van der Waals surface area contributed by atoms with Crippen molar-refractivity contribution >= 4 is 28.6 Å². The van der Waals surface area contributed by atoms with Crippen LogP contribution in [0.4, 0.5) is 20.2 Å². The van der Waals surface area contributed by atoms with E-state index in [9.17, 15) is 13.6 Å². The number of nitrogens with one attached hydrogen (secondary N) is 2. The molecule has 1 aliphatic heterocycles. The number of amides is 1. The highest BCUT2D eigenvalue weighted by Crippen LogP contribution is 2.35. The molecule has 2 heterocycles. The SMILES string of the molecule is O=C1Nc2cc(F)c(F)cc2NC1c1cccs1. The van der Waals surface area contributed by atoms with Crippen molar-refractivity contribution in [1.82, 2.24) is 0 Å². The highest BCUT2D eigenvalue weighted by atomic mass is 32.1. The molecule has 3 rings (SSSR count). The zero-order valence-electron chi connectivity index (χ0n) is 9.04. The second kappa shape index (κ2) is 4.06. The van der Waals surface area contributed by atoms with Crippen molar-refractivity contribution in [2.75, 3.05) is 10.6 Å². The molecule has 3 nitrogen and oxygen atoms in total. The second-order valence-electron chi connectivity index (χ2n) is 3.89. The van der Waals surface area contributed by atoms with Crippen molar-refractivity contribution in [2.24, 2.45) is 0 Å². The summed E-state index contributed by atoms with van der Waals surface area (Å²) in [5.41, 5.74) is 0.638. The lowest BCUT2D eigenvalue weighted by Gasteiger charge is -2.26. The summed E-state index contributed by atoms with van der Waals surface area (Å²) in [4.78, 5) is 12.7. The van der Waals surface area contributed by atoms with Crippen LogP contribution in [0.5, 0.6) is 0 Å². The summed E-state index contributed by atoms with van der Waals surface area (Å²) in [7, 11) is 0. The van der Waals surface area contributed by atoms with Crippen LogP contribution in [-0.4, -0.2) is 5.91 Å². The van der Waals surface area contributed by atoms with Crippen molar-refractivity contribution in [2.45, 2.75) is 6.04 Å². The third-order valence-electron chi connectivity index (χ3n) is 2.71. The Hall–Kier alpha value is -1.95. The normalized spacial score (nSPS) is 17.9. The molecule has 0 fully saturated rings. The molecule has 0 saturated heterocycles. The molecular formula is C12H8F2N2OS. The Morgan fingerprint density at radius 1 is 1.17 bits per heavy atom. The quantitative estimate of drug-likeness (QED) is 0.832. The summed E-state index contributed by atoms with van der Waals surface area (Å²) >= 11 is 1.42. The van der Waals surface area contributed by atoms with Gasteiger partial charge in [0.2, 0.25) is 0 Å². The molecule has 18 heavy (non-hydrogen) atoms. The fourth-order valence-electron chi connectivity index (χ4n) is 1.85. The molecule has 1 atom stereocenters. The summed E-state index contributed by atoms with van der Waals surface area (Å²) in [5.74, 6) is -2.20. The van der Waals surface area contributed by atoms with E-state index in [0.717, 1.165) is 17.0 Å². The Bertz CT molecular complexity index is 613. The molecule has 0 aliphatic carbocycles. The lowest BCUT2D eigenvalue weighted by atomic mass is 10.1. The van der Waals surface area contributed by atoms with Gasteiger partial charge in [0, 0.05) is 17.0 Å². The van der Waals surface area contributed by atoms with E-state index in [-0.39, 0.29) is 11.6 Å². The fourth-order valence-corrected chi connectivity index (χ4v) is 2.62. The lowest BCUT2D eigenvalue weighted by Crippen LogP contribution is -2.31. The smallest absolute Gasteiger partial charge is 0.252 e. The molecule has 1 unspecified atom stereocenters. The van der Waals surface area contributed by atoms with Gasteiger partial charge in [0.05, 0.1) is 11.4 Å². The van der Waals surface area contributed by atoms with Gasteiger partial charge in [-0.05, 0) is 11.4 Å². The van der Waals surface area contributed by atoms with E-state index in [1.807, 2.05) is 17.5 Å². The Morgan fingerprint density at radius 2 is 1.89 bits per heavy atom. The number of hydrogen-bond acceptors (Lipinski definition) is 3. The van der Waals surface area contributed by atoms with Gasteiger partial charge in [0.15, 0.2) is 11.6 Å². The predicted octanol–water partition coefficient (Wildman–Crippen LogP) is 3.13. The van der Waals surface area contributed by atoms with E-state index < -0.39 is 17.7 Å². The maximum Gasteiger partial charge on any atom is 0.252 e. The minimum atomic E-state index is -0.981. The molecule has 0 bridgehead atoms. The topological polar surface area (TPSA) is 41.1 Å². The molecule has 1 aromatic heterocycles. The van der Waals surface area contributed by atoms with Crippen molar-refractivity contribution in [1.29, 1.82) is 0 Å². The predicted molar refractivity (Wildman–Crippen MR) is 65.7 cm³/mol. The van der Waals surface area contributed by atoms with Crippen molar-refractivity contribution in [3.8, 4) is 0 Å². The van der Waals surface area contributed by atoms with Crippen LogP contribution < -0.4 is 10.6 Å². The standard InChI is InChI=1S/C12H8F2N2OS/c13-6-4-8-9(5-7(6)14)16-12(17)11(15-8)10-2-1-3-18-10/h1-5,11,15H,(H,16,17). The zero-order valence-corrected chi connectivity index (χ0v) is 9.85. The number of carbonyl (C=O) groups is 1. The fraction of sp³-hybridized carbons (Fsp3) is 0.0833. The number of fused-ring (bicyclic) bond motifs is 1. The first-order valence-corrected chi connectivity index (χ1v) is 6.13. The maximum absolute atomic E-state index is 13.1. The van der Waals surface area contributed by atoms with Gasteiger partial charge in [-0.15, -0.1) is 11.3 Å². The number of benzene rings is 1. The summed E-state index contributed by atoms with van der Waals surface area (Å²) in [5, 5.41) is 7.33. The highest BCUT2D eigenvalue weighted by Gasteiger charge is 2.28. The van der Waals surface area contributed by atoms with Crippen molar-refractivity contribution in [3.63, 3.8) is 0 Å². The number of hydrogen-bond donors (Lipinski definition) is 2. The van der Waals surface area contributed by atoms with Gasteiger partial charge in [-0.25, -0.2) is 8.78 Å². The molecule has 0 spiro atoms. The third kappa shape index (κ3) is 1.74. The Labute approximate surface area is 105 Å². The lowest BCUT2D eigenvalue weighted by molar-refractivity contribution is -0.117. The van der Waals surface area contributed by atoms with E-state index in [1.165, 1.54) is 11.3 Å². The van der Waals surface area contributed by atoms with Crippen LogP contribution in [0.2, 0.25) is 0 Å². The van der Waals surface area contributed by atoms with Gasteiger partial charge in [0.1, 0.15) is 6.04 Å². The molecule has 6 heteroatoms. The maximum atomic E-state index is 13.1. The summed E-state index contributed by atoms with van der Waals surface area (Å²) in [6, 6.07) is 5.09. The van der Waals surface area contributed by atoms with Crippen molar-refractivity contribution in [3.05, 3.63) is 46.2 Å². The molecule has 0 radical (unpaired) electrons. The third-order valence-corrected chi connectivity index (χ3v) is 3.65. The summed E-state index contributed by atoms with van der Waals surface area (Å²) < 4.78 is 26.2. The highest BCUT2D eigenvalue weighted by molar-refractivity contribution is 7.10. The summed E-state index contributed by atoms with van der Waals surface area (Å²) in [6.07, 6.45) is 0. The molecule has 2 N–H and O–H groups in total. The molecule has 0 saturated carbocycles. The first kappa shape index (κ1) is 11.2. The zero-order chi connectivity index (χ0) is 12.7. The second-order valence-corrected chi connectivity index (χ2v) is 4.87. The van der Waals surface area contributed by atoms with Crippen LogP contribution in [0.1, 0.15) is 10.9 Å². The van der Waals surface area contributed by atoms with E-state index in [4.69, 9.17) is 0 Å². The van der Waals surface area contributed by atoms with Gasteiger partial charge in [-0.2, -0.15) is 0 Å². The average molecular weight is 266 g/mol. The van der Waals surface area contributed by atoms with E-state index in [1.54, 1.807) is 0 Å². The Kier molecular flexibility index (Phi) is 2.52. The monoisotopic (exact) mass is 266 g/mol. The van der Waals surface area contributed by atoms with Crippen LogP contribution in [0, 0.1) is 11.6 Å². The number of carbonyl (C=O) groups excluding carboxylic acids is 1. The average Bonchev–Trinajstić information content (AvgIpc) is 2.84. The first-order chi connectivity index (χ1) is 8.65. The largest absolute Gasteiger partial charge is 0.368 e. The van der Waals surface area contributed by atoms with E-state index in [2.05, 4.69) is 10.6 Å². The molecule has 2 aromatic rings. The minimum absolute atomic E-state index is 0.256. The summed E-state index contributed by atoms with van der Waals surface area (Å²) in [6.45, 7) is 0. The first-order valence-electron chi connectivity index (χ1n) is 5.25. The number of halogens is 2. The van der Waals surface area contributed by atoms with Gasteiger partial charge < -0.3 is 10.6 Å². The Morgan fingerprint density at radius 3 is 2.56 bits per heavy atom. The van der Waals surface area contributed by atoms with Crippen molar-refractivity contribution < 1.29 is 13.6 Å². The van der Waals surface area contributed by atoms with Gasteiger partial charge in [-0.3, -0.25) is 4.79 Å². The molecule has 92 valence electrons. The van der Waals surface area contributed by atoms with Gasteiger partial charge in [0.25, 0.3) is 5.91 Å². The molecule has 1 aliphatic rings. The van der Waals surface area contributed by atoms with Crippen LogP contribution in [0.15, 0.2) is 29.6 Å². The van der Waals surface area contributed by atoms with Crippen LogP contribution >= 0.6 is 11.3 Å². The van der Waals surface area contributed by atoms with E-state index >= 15 is 0 Å².